The summed E-state index contributed by atoms with van der Waals surface area (Å²) >= 11 is 5.02. The van der Waals surface area contributed by atoms with E-state index in [9.17, 15) is 0 Å². The first-order valence-electron chi connectivity index (χ1n) is 5.60. The van der Waals surface area contributed by atoms with Crippen LogP contribution in [0.15, 0.2) is 12.1 Å². The van der Waals surface area contributed by atoms with Crippen LogP contribution in [0.2, 0.25) is 0 Å². The number of rotatable bonds is 3. The molecule has 0 radical (unpaired) electrons. The minimum absolute atomic E-state index is 0.405. The van der Waals surface area contributed by atoms with Crippen molar-refractivity contribution in [2.24, 2.45) is 11.7 Å². The van der Waals surface area contributed by atoms with E-state index in [4.69, 9.17) is 18.0 Å². The summed E-state index contributed by atoms with van der Waals surface area (Å²) in [7, 11) is 0. The van der Waals surface area contributed by atoms with Crippen molar-refractivity contribution in [1.29, 1.82) is 0 Å². The van der Waals surface area contributed by atoms with Gasteiger partial charge in [-0.1, -0.05) is 19.1 Å². The van der Waals surface area contributed by atoms with Crippen LogP contribution in [0, 0.1) is 12.8 Å². The van der Waals surface area contributed by atoms with Crippen molar-refractivity contribution in [3.63, 3.8) is 0 Å². The highest BCUT2D eigenvalue weighted by atomic mass is 32.1. The monoisotopic (exact) mass is 235 g/mol. The molecular weight excluding hydrogens is 218 g/mol. The predicted molar refractivity (Wildman–Crippen MR) is 70.7 cm³/mol. The van der Waals surface area contributed by atoms with Crippen molar-refractivity contribution >= 4 is 23.0 Å². The molecule has 1 heterocycles. The largest absolute Gasteiger partial charge is 0.389 e. The summed E-state index contributed by atoms with van der Waals surface area (Å²) in [6.45, 7) is 4.23. The highest BCUT2D eigenvalue weighted by molar-refractivity contribution is 7.80. The molecule has 86 valence electrons. The van der Waals surface area contributed by atoms with Gasteiger partial charge in [0.2, 0.25) is 0 Å². The van der Waals surface area contributed by atoms with Crippen molar-refractivity contribution in [2.45, 2.75) is 32.7 Å². The van der Waals surface area contributed by atoms with Crippen molar-refractivity contribution in [3.8, 4) is 0 Å². The Bertz CT molecular complexity index is 411. The number of thiocarbonyl (C=S) groups is 1. The number of aromatic nitrogens is 1. The molecule has 1 aromatic rings. The molecule has 1 fully saturated rings. The molecule has 1 aromatic heterocycles. The van der Waals surface area contributed by atoms with Crippen LogP contribution in [0.3, 0.4) is 0 Å². The van der Waals surface area contributed by atoms with Gasteiger partial charge in [0.15, 0.2) is 0 Å². The second-order valence-corrected chi connectivity index (χ2v) is 5.07. The number of nitrogens with one attached hydrogen (secondary N) is 1. The highest BCUT2D eigenvalue weighted by Crippen LogP contribution is 2.29. The normalized spacial score (nSPS) is 23.6. The van der Waals surface area contributed by atoms with Crippen LogP contribution in [0.5, 0.6) is 0 Å². The maximum Gasteiger partial charge on any atom is 0.136 e. The molecule has 1 saturated carbocycles. The zero-order valence-corrected chi connectivity index (χ0v) is 10.5. The summed E-state index contributed by atoms with van der Waals surface area (Å²) in [5.41, 5.74) is 7.51. The summed E-state index contributed by atoms with van der Waals surface area (Å²) in [6, 6.07) is 4.40. The van der Waals surface area contributed by atoms with Gasteiger partial charge in [0, 0.05) is 11.7 Å². The van der Waals surface area contributed by atoms with Crippen molar-refractivity contribution in [1.82, 2.24) is 4.98 Å². The molecule has 0 spiro atoms. The van der Waals surface area contributed by atoms with Gasteiger partial charge < -0.3 is 11.1 Å². The van der Waals surface area contributed by atoms with Gasteiger partial charge in [-0.3, -0.25) is 0 Å². The van der Waals surface area contributed by atoms with Gasteiger partial charge in [-0.15, -0.1) is 0 Å². The van der Waals surface area contributed by atoms with Gasteiger partial charge in [-0.25, -0.2) is 4.98 Å². The summed E-state index contributed by atoms with van der Waals surface area (Å²) in [4.78, 5) is 4.87. The number of hydrogen-bond acceptors (Lipinski definition) is 3. The molecule has 1 aliphatic rings. The number of nitrogens with two attached hydrogens (primary N) is 1. The molecule has 0 aromatic carbocycles. The third kappa shape index (κ3) is 2.32. The zero-order chi connectivity index (χ0) is 11.7. The maximum atomic E-state index is 5.68. The van der Waals surface area contributed by atoms with Crippen molar-refractivity contribution < 1.29 is 0 Å². The lowest BCUT2D eigenvalue weighted by Crippen LogP contribution is -2.35. The van der Waals surface area contributed by atoms with Gasteiger partial charge in [0.25, 0.3) is 0 Å². The second kappa shape index (κ2) is 4.37. The van der Waals surface area contributed by atoms with Crippen LogP contribution in [0.25, 0.3) is 0 Å². The fraction of sp³-hybridized carbons (Fsp3) is 0.500. The number of aryl methyl sites for hydroxylation is 1. The molecule has 0 bridgehead atoms. The highest BCUT2D eigenvalue weighted by Gasteiger charge is 2.26. The van der Waals surface area contributed by atoms with E-state index >= 15 is 0 Å². The van der Waals surface area contributed by atoms with Crippen LogP contribution in [0.1, 0.15) is 31.0 Å². The molecule has 0 aliphatic heterocycles. The quantitative estimate of drug-likeness (QED) is 0.789. The molecular formula is C12H17N3S. The Morgan fingerprint density at radius 3 is 2.75 bits per heavy atom. The van der Waals surface area contributed by atoms with Crippen molar-refractivity contribution in [3.05, 3.63) is 23.4 Å². The smallest absolute Gasteiger partial charge is 0.136 e. The van der Waals surface area contributed by atoms with E-state index in [1.54, 1.807) is 0 Å². The predicted octanol–water partition coefficient (Wildman–Crippen LogP) is 2.23. The summed E-state index contributed by atoms with van der Waals surface area (Å²) in [5, 5.41) is 3.42. The lowest BCUT2D eigenvalue weighted by atomic mass is 9.82. The standard InChI is InChI=1S/C12H17N3S/c1-7-5-9(6-7)15-12-10(11(13)16)4-3-8(2)14-12/h3-4,7,9H,5-6H2,1-2H3,(H2,13,16)(H,14,15). The first-order valence-corrected chi connectivity index (χ1v) is 6.01. The second-order valence-electron chi connectivity index (χ2n) is 4.63. The zero-order valence-electron chi connectivity index (χ0n) is 9.66. The fourth-order valence-corrected chi connectivity index (χ4v) is 2.24. The average Bonchev–Trinajstić information content (AvgIpc) is 2.15. The Balaban J connectivity index is 2.17. The SMILES string of the molecule is Cc1ccc(C(N)=S)c(NC2CC(C)C2)n1. The van der Waals surface area contributed by atoms with E-state index < -0.39 is 0 Å². The summed E-state index contributed by atoms with van der Waals surface area (Å²) in [6.07, 6.45) is 2.40. The van der Waals surface area contributed by atoms with E-state index in [1.165, 1.54) is 12.8 Å². The van der Waals surface area contributed by atoms with Gasteiger partial charge in [0.1, 0.15) is 10.8 Å². The molecule has 2 rings (SSSR count). The number of anilines is 1. The number of nitrogens with zero attached hydrogens (tertiary/aromatic N) is 1. The maximum absolute atomic E-state index is 5.68. The Kier molecular flexibility index (Phi) is 3.10. The van der Waals surface area contributed by atoms with Crippen LogP contribution in [0.4, 0.5) is 5.82 Å². The molecule has 0 atom stereocenters. The molecule has 0 saturated heterocycles. The van der Waals surface area contributed by atoms with Gasteiger partial charge in [0.05, 0.1) is 5.56 Å². The molecule has 3 nitrogen and oxygen atoms in total. The van der Waals surface area contributed by atoms with Crippen LogP contribution in [-0.2, 0) is 0 Å². The minimum Gasteiger partial charge on any atom is -0.389 e. The molecule has 0 unspecified atom stereocenters. The average molecular weight is 235 g/mol. The van der Waals surface area contributed by atoms with Crippen LogP contribution < -0.4 is 11.1 Å². The van der Waals surface area contributed by atoms with E-state index in [1.807, 2.05) is 19.1 Å². The first-order chi connectivity index (χ1) is 7.56. The van der Waals surface area contributed by atoms with E-state index in [2.05, 4.69) is 17.2 Å². The Morgan fingerprint density at radius 1 is 1.50 bits per heavy atom. The lowest BCUT2D eigenvalue weighted by molar-refractivity contribution is 0.308. The summed E-state index contributed by atoms with van der Waals surface area (Å²) in [5.74, 6) is 1.65. The van der Waals surface area contributed by atoms with Gasteiger partial charge in [-0.2, -0.15) is 0 Å². The molecule has 1 aliphatic carbocycles. The van der Waals surface area contributed by atoms with E-state index in [0.29, 0.717) is 11.0 Å². The molecule has 3 N–H and O–H groups in total. The topological polar surface area (TPSA) is 50.9 Å². The third-order valence-corrected chi connectivity index (χ3v) is 3.23. The minimum atomic E-state index is 0.405. The third-order valence-electron chi connectivity index (χ3n) is 3.01. The lowest BCUT2D eigenvalue weighted by Gasteiger charge is -2.34. The first kappa shape index (κ1) is 11.3. The summed E-state index contributed by atoms with van der Waals surface area (Å²) < 4.78 is 0. The molecule has 4 heteroatoms. The Labute approximate surface area is 101 Å². The van der Waals surface area contributed by atoms with Crippen LogP contribution in [-0.4, -0.2) is 16.0 Å². The van der Waals surface area contributed by atoms with E-state index in [-0.39, 0.29) is 0 Å². The van der Waals surface area contributed by atoms with Crippen LogP contribution >= 0.6 is 12.2 Å². The van der Waals surface area contributed by atoms with E-state index in [0.717, 1.165) is 23.0 Å². The fourth-order valence-electron chi connectivity index (χ4n) is 2.08. The molecule has 16 heavy (non-hydrogen) atoms. The Morgan fingerprint density at radius 2 is 2.19 bits per heavy atom. The van der Waals surface area contributed by atoms with Gasteiger partial charge >= 0.3 is 0 Å². The Hall–Kier alpha value is -1.16. The number of hydrogen-bond donors (Lipinski definition) is 2. The molecule has 0 amide bonds. The van der Waals surface area contributed by atoms with Gasteiger partial charge in [-0.05, 0) is 37.8 Å². The number of pyridine rings is 1. The van der Waals surface area contributed by atoms with Crippen molar-refractivity contribution in [2.75, 3.05) is 5.32 Å².